The number of benzene rings is 2. The molecule has 13 atom stereocenters. The number of para-hydroxylation sites is 1. The molecule has 47 nitrogen and oxygen atoms in total. The highest BCUT2D eigenvalue weighted by molar-refractivity contribution is 6.01. The van der Waals surface area contributed by atoms with Gasteiger partial charge in [-0.15, -0.1) is 0 Å². The summed E-state index contributed by atoms with van der Waals surface area (Å²) in [6, 6.07) is -7.75. The number of carboxylic acids is 2. The number of carbonyl (C=O) groups excluding carboxylic acids is 16. The first-order valence-corrected chi connectivity index (χ1v) is 39.5. The number of aliphatic hydroxyl groups is 2. The van der Waals surface area contributed by atoms with Crippen molar-refractivity contribution in [3.05, 3.63) is 65.9 Å². The van der Waals surface area contributed by atoms with Crippen LogP contribution in [0.15, 0.2) is 54.7 Å². The standard InChI is InChI=1S/C76H118N24O23/c1-36(2)25-50(69(118)96-53(29-60(109)110)72(121)92-47(16-12-24-84-76(81)82)67(116)95-52(28-42-31-85-45-14-10-9-13-44(42)45)71(120)93-49(62(78)111)27-41-17-19-43(103)20-18-41)94-68(117)48(21-22-59(107)108)90-58(106)33-86-57(105)32-87-65(114)54(34-101)99-70(119)51(26-37(3)4)97-74(123)61(38(5)6)100-73(122)55(35-102)98-64(113)40(8)89-66(115)46(15-11-23-83-75(79)80)91-63(112)39(7)88-56(104)30-77/h9-10,13-14,17-20,31,36-40,46-55,61,85,101-103H,11-12,15-16,21-30,32-35,77H2,1-8H3,(H2,78,111)(H,86,105)(H,87,114)(H,88,104)(H,89,115)(H,90,106)(H,91,112)(H,92,121)(H,93,120)(H,94,117)(H,95,116)(H,96,118)(H,97,123)(H,98,113)(H,99,119)(H,100,122)(H,107,108)(H,109,110)(H4,79,80,83)(H4,81,82,84). The zero-order valence-corrected chi connectivity index (χ0v) is 69.6. The fourth-order valence-electron chi connectivity index (χ4n) is 11.9. The Morgan fingerprint density at radius 2 is 0.846 bits per heavy atom. The molecule has 0 aliphatic carbocycles. The molecule has 0 aliphatic rings. The van der Waals surface area contributed by atoms with Crippen LogP contribution >= 0.6 is 0 Å². The van der Waals surface area contributed by atoms with Crippen molar-refractivity contribution in [2.75, 3.05) is 45.9 Å². The van der Waals surface area contributed by atoms with Crippen LogP contribution in [0, 0.1) is 28.6 Å². The molecular weight excluding hydrogens is 1620 g/mol. The van der Waals surface area contributed by atoms with Gasteiger partial charge in [0, 0.05) is 49.5 Å². The van der Waals surface area contributed by atoms with E-state index in [2.05, 4.69) is 95.4 Å². The lowest BCUT2D eigenvalue weighted by Gasteiger charge is -2.28. The molecule has 123 heavy (non-hydrogen) atoms. The Kier molecular flexibility index (Phi) is 44.5. The molecule has 16 amide bonds. The zero-order chi connectivity index (χ0) is 92.5. The molecule has 47 heteroatoms. The number of H-pyrrole nitrogens is 1. The third-order valence-electron chi connectivity index (χ3n) is 18.5. The first-order chi connectivity index (χ1) is 57.9. The molecule has 0 aliphatic heterocycles. The van der Waals surface area contributed by atoms with E-state index >= 15 is 0 Å². The number of nitrogens with one attached hydrogen (secondary N) is 20. The lowest BCUT2D eigenvalue weighted by atomic mass is 9.99. The average molecular weight is 1740 g/mol. The number of hydrogen-bond acceptors (Lipinski definition) is 24. The number of aromatic hydroxyl groups is 1. The van der Waals surface area contributed by atoms with Crippen molar-refractivity contribution in [3.8, 4) is 5.75 Å². The third-order valence-corrected chi connectivity index (χ3v) is 18.5. The van der Waals surface area contributed by atoms with Crippen LogP contribution in [0.2, 0.25) is 0 Å². The molecule has 0 saturated heterocycles. The lowest BCUT2D eigenvalue weighted by Crippen LogP contribution is -2.61. The van der Waals surface area contributed by atoms with Crippen LogP contribution < -0.4 is 113 Å². The summed E-state index contributed by atoms with van der Waals surface area (Å²) < 4.78 is 0. The van der Waals surface area contributed by atoms with Crippen molar-refractivity contribution >= 4 is 129 Å². The third kappa shape index (κ3) is 38.3. The molecular formula is C76H118N24O23. The second-order valence-electron chi connectivity index (χ2n) is 30.1. The Morgan fingerprint density at radius 3 is 1.36 bits per heavy atom. The highest BCUT2D eigenvalue weighted by Gasteiger charge is 2.38. The summed E-state index contributed by atoms with van der Waals surface area (Å²) in [6.45, 7) is 7.72. The van der Waals surface area contributed by atoms with Crippen LogP contribution in [0.5, 0.6) is 5.75 Å². The minimum Gasteiger partial charge on any atom is -0.508 e. The maximum atomic E-state index is 14.6. The fraction of sp³-hybridized carbons (Fsp3) is 0.553. The number of aliphatic hydroxyl groups excluding tert-OH is 2. The number of carboxylic acid groups (broad SMARTS) is 2. The molecule has 1 heterocycles. The first-order valence-electron chi connectivity index (χ1n) is 39.5. The molecule has 2 aromatic carbocycles. The maximum absolute atomic E-state index is 14.6. The van der Waals surface area contributed by atoms with Crippen LogP contribution in [-0.4, -0.2) is 273 Å². The topological polar surface area (TPSA) is 780 Å². The predicted octanol–water partition coefficient (Wildman–Crippen LogP) is -8.72. The number of aromatic amines is 1. The van der Waals surface area contributed by atoms with Gasteiger partial charge in [0.2, 0.25) is 94.5 Å². The number of nitrogens with two attached hydrogens (primary N) is 4. The van der Waals surface area contributed by atoms with E-state index in [0.717, 1.165) is 0 Å². The van der Waals surface area contributed by atoms with Gasteiger partial charge >= 0.3 is 11.9 Å². The smallest absolute Gasteiger partial charge is 0.305 e. The van der Waals surface area contributed by atoms with E-state index in [4.69, 9.17) is 33.8 Å². The van der Waals surface area contributed by atoms with Gasteiger partial charge in [0.05, 0.1) is 39.3 Å². The van der Waals surface area contributed by atoms with E-state index in [9.17, 15) is 112 Å². The molecule has 680 valence electrons. The molecule has 0 bridgehead atoms. The van der Waals surface area contributed by atoms with Crippen molar-refractivity contribution in [1.29, 1.82) is 10.8 Å². The van der Waals surface area contributed by atoms with Gasteiger partial charge in [-0.1, -0.05) is 71.9 Å². The number of phenolic OH excluding ortho intramolecular Hbond substituents is 1. The van der Waals surface area contributed by atoms with E-state index < -0.39 is 255 Å². The molecule has 0 saturated carbocycles. The summed E-state index contributed by atoms with van der Waals surface area (Å²) in [5, 5.41) is 106. The lowest BCUT2D eigenvalue weighted by molar-refractivity contribution is -0.142. The number of primary amides is 1. The largest absolute Gasteiger partial charge is 0.508 e. The second kappa shape index (κ2) is 52.7. The number of guanidine groups is 2. The molecule has 3 rings (SSSR count). The second-order valence-corrected chi connectivity index (χ2v) is 30.1. The minimum atomic E-state index is -2.03. The Hall–Kier alpha value is -13.3. The molecule has 33 N–H and O–H groups in total. The van der Waals surface area contributed by atoms with E-state index in [1.165, 1.54) is 52.0 Å². The molecule has 0 spiro atoms. The molecule has 0 radical (unpaired) electrons. The summed E-state index contributed by atoms with van der Waals surface area (Å²) in [6.07, 6.45) is -1.88. The maximum Gasteiger partial charge on any atom is 0.305 e. The quantitative estimate of drug-likeness (QED) is 0.0142. The Labute approximate surface area is 707 Å². The molecule has 0 fully saturated rings. The number of carbonyl (C=O) groups is 18. The van der Waals surface area contributed by atoms with Crippen LogP contribution in [0.1, 0.15) is 124 Å². The SMILES string of the molecule is CC(C)CC(NC(=O)C(CCC(=O)O)NC(=O)CNC(=O)CNC(=O)C(CO)NC(=O)C(CC(C)C)NC(=O)C(NC(=O)C(CO)NC(=O)C(C)NC(=O)C(CCCNC(=N)N)NC(=O)C(C)NC(=O)CN)C(C)C)C(=O)NC(CC(=O)O)C(=O)NC(CCCNC(=N)N)C(=O)NC(Cc1c[nH]c2ccccc12)C(=O)NC(Cc1ccc(O)cc1)C(N)=O. The van der Waals surface area contributed by atoms with Crippen molar-refractivity contribution in [2.45, 2.75) is 205 Å². The minimum absolute atomic E-state index is 0.0166. The van der Waals surface area contributed by atoms with Gasteiger partial charge in [0.15, 0.2) is 11.9 Å². The predicted molar refractivity (Wildman–Crippen MR) is 440 cm³/mol. The number of amides is 16. The molecule has 1 aromatic heterocycles. The summed E-state index contributed by atoms with van der Waals surface area (Å²) in [7, 11) is 0. The average Bonchev–Trinajstić information content (AvgIpc) is 1.70. The monoisotopic (exact) mass is 1730 g/mol. The van der Waals surface area contributed by atoms with E-state index in [1.807, 2.05) is 0 Å². The Balaban J connectivity index is 1.74. The van der Waals surface area contributed by atoms with Gasteiger partial charge in [0.25, 0.3) is 0 Å². The van der Waals surface area contributed by atoms with Crippen molar-refractivity contribution in [3.63, 3.8) is 0 Å². The Morgan fingerprint density at radius 1 is 0.415 bits per heavy atom. The van der Waals surface area contributed by atoms with Crippen molar-refractivity contribution < 1.29 is 112 Å². The number of fused-ring (bicyclic) bond motifs is 1. The van der Waals surface area contributed by atoms with E-state index in [0.29, 0.717) is 22.0 Å². The summed E-state index contributed by atoms with van der Waals surface area (Å²) in [4.78, 5) is 245. The van der Waals surface area contributed by atoms with Gasteiger partial charge in [-0.25, -0.2) is 0 Å². The number of rotatable bonds is 55. The van der Waals surface area contributed by atoms with Gasteiger partial charge < -0.3 is 144 Å². The zero-order valence-electron chi connectivity index (χ0n) is 69.6. The van der Waals surface area contributed by atoms with Gasteiger partial charge in [-0.05, 0) is 106 Å². The number of aromatic nitrogens is 1. The number of aliphatic carboxylic acids is 2. The van der Waals surface area contributed by atoms with Crippen molar-refractivity contribution in [2.24, 2.45) is 40.7 Å². The summed E-state index contributed by atoms with van der Waals surface area (Å²) in [5.41, 5.74) is 23.5. The number of phenols is 1. The van der Waals surface area contributed by atoms with Gasteiger partial charge in [-0.2, -0.15) is 0 Å². The van der Waals surface area contributed by atoms with Crippen molar-refractivity contribution in [1.82, 2.24) is 95.4 Å². The fourth-order valence-corrected chi connectivity index (χ4v) is 11.9. The summed E-state index contributed by atoms with van der Waals surface area (Å²) in [5.74, 6) is -22.0. The van der Waals surface area contributed by atoms with Crippen LogP contribution in [-0.2, 0) is 99.1 Å². The van der Waals surface area contributed by atoms with E-state index in [-0.39, 0.29) is 82.1 Å². The number of hydrogen-bond donors (Lipinski definition) is 29. The molecule has 3 aromatic rings. The summed E-state index contributed by atoms with van der Waals surface area (Å²) >= 11 is 0. The highest BCUT2D eigenvalue weighted by atomic mass is 16.4. The van der Waals surface area contributed by atoms with Gasteiger partial charge in [0.1, 0.15) is 84.3 Å². The highest BCUT2D eigenvalue weighted by Crippen LogP contribution is 2.21. The van der Waals surface area contributed by atoms with Crippen LogP contribution in [0.3, 0.4) is 0 Å². The van der Waals surface area contributed by atoms with Crippen LogP contribution in [0.4, 0.5) is 0 Å². The Bertz CT molecular complexity index is 4200. The molecule has 13 unspecified atom stereocenters. The van der Waals surface area contributed by atoms with Gasteiger partial charge in [-0.3, -0.25) is 97.1 Å². The van der Waals surface area contributed by atoms with Crippen LogP contribution in [0.25, 0.3) is 10.9 Å². The normalized spacial score (nSPS) is 14.2. The first kappa shape index (κ1) is 104. The van der Waals surface area contributed by atoms with E-state index in [1.54, 1.807) is 58.2 Å².